The lowest BCUT2D eigenvalue weighted by molar-refractivity contribution is 0.425. The number of hydrogen-bond acceptors (Lipinski definition) is 3. The second kappa shape index (κ2) is 6.15. The van der Waals surface area contributed by atoms with Crippen LogP contribution in [0.2, 0.25) is 0 Å². The molecule has 0 aliphatic heterocycles. The maximum absolute atomic E-state index is 12.9. The monoisotopic (exact) mass is 228 g/mol. The quantitative estimate of drug-likeness (QED) is 0.586. The minimum atomic E-state index is -1.60. The van der Waals surface area contributed by atoms with Crippen molar-refractivity contribution in [2.45, 2.75) is 19.1 Å². The molecule has 1 rings (SSSR count). The van der Waals surface area contributed by atoms with Crippen molar-refractivity contribution in [1.82, 2.24) is 0 Å². The Hall–Kier alpha value is -0.515. The predicted octanol–water partition coefficient (Wildman–Crippen LogP) is 1.15. The molecule has 1 aromatic rings. The minimum Gasteiger partial charge on any atom is -0.423 e. The largest absolute Gasteiger partial charge is 0.488 e. The van der Waals surface area contributed by atoms with E-state index in [1.807, 2.05) is 0 Å². The summed E-state index contributed by atoms with van der Waals surface area (Å²) >= 11 is 1.70. The normalized spacial score (nSPS) is 10.4. The number of rotatable bonds is 5. The van der Waals surface area contributed by atoms with Gasteiger partial charge in [0.2, 0.25) is 0 Å². The zero-order valence-electron chi connectivity index (χ0n) is 8.61. The maximum Gasteiger partial charge on any atom is 0.488 e. The first-order chi connectivity index (χ1) is 7.15. The molecular weight excluding hydrogens is 214 g/mol. The van der Waals surface area contributed by atoms with Crippen LogP contribution in [0.1, 0.15) is 18.9 Å². The van der Waals surface area contributed by atoms with E-state index >= 15 is 0 Å². The van der Waals surface area contributed by atoms with Gasteiger partial charge in [0.15, 0.2) is 0 Å². The van der Waals surface area contributed by atoms with Crippen molar-refractivity contribution in [2.75, 3.05) is 5.75 Å². The topological polar surface area (TPSA) is 40.5 Å². The summed E-state index contributed by atoms with van der Waals surface area (Å²) in [4.78, 5) is 0. The van der Waals surface area contributed by atoms with Gasteiger partial charge in [-0.2, -0.15) is 11.8 Å². The van der Waals surface area contributed by atoms with Crippen LogP contribution in [0.3, 0.4) is 0 Å². The Bertz CT molecular complexity index is 320. The van der Waals surface area contributed by atoms with Gasteiger partial charge in [0.1, 0.15) is 5.82 Å². The van der Waals surface area contributed by atoms with Gasteiger partial charge >= 0.3 is 7.12 Å². The molecule has 0 heterocycles. The van der Waals surface area contributed by atoms with E-state index in [1.54, 1.807) is 17.8 Å². The van der Waals surface area contributed by atoms with Gasteiger partial charge in [-0.25, -0.2) is 4.39 Å². The third kappa shape index (κ3) is 3.85. The van der Waals surface area contributed by atoms with Crippen molar-refractivity contribution in [3.8, 4) is 0 Å². The minimum absolute atomic E-state index is 0.263. The second-order valence-electron chi connectivity index (χ2n) is 3.27. The summed E-state index contributed by atoms with van der Waals surface area (Å²) in [6.45, 7) is 2.08. The molecule has 0 aliphatic carbocycles. The molecule has 2 nitrogen and oxygen atoms in total. The Kier molecular flexibility index (Phi) is 5.15. The first kappa shape index (κ1) is 12.6. The SMILES string of the molecule is CCCSCc1ccc(F)cc1B(O)O. The second-order valence-corrected chi connectivity index (χ2v) is 4.37. The van der Waals surface area contributed by atoms with Gasteiger partial charge in [-0.15, -0.1) is 0 Å². The standard InChI is InChI=1S/C10H14BFO2S/c1-2-5-15-7-8-3-4-9(12)6-10(8)11(13)14/h3-4,6,13-14H,2,5,7H2,1H3. The van der Waals surface area contributed by atoms with Gasteiger partial charge in [0, 0.05) is 5.75 Å². The van der Waals surface area contributed by atoms with Gasteiger partial charge in [0.25, 0.3) is 0 Å². The highest BCUT2D eigenvalue weighted by Crippen LogP contribution is 2.12. The van der Waals surface area contributed by atoms with E-state index < -0.39 is 12.9 Å². The van der Waals surface area contributed by atoms with Gasteiger partial charge in [0.05, 0.1) is 0 Å². The maximum atomic E-state index is 12.9. The molecule has 0 aliphatic rings. The average molecular weight is 228 g/mol. The summed E-state index contributed by atoms with van der Waals surface area (Å²) in [5.74, 6) is 1.25. The first-order valence-electron chi connectivity index (χ1n) is 4.87. The molecule has 82 valence electrons. The molecule has 0 spiro atoms. The van der Waals surface area contributed by atoms with Crippen molar-refractivity contribution in [2.24, 2.45) is 0 Å². The Morgan fingerprint density at radius 2 is 2.13 bits per heavy atom. The summed E-state index contributed by atoms with van der Waals surface area (Å²) in [7, 11) is -1.60. The van der Waals surface area contributed by atoms with Crippen LogP contribution in [-0.4, -0.2) is 22.9 Å². The Morgan fingerprint density at radius 3 is 2.73 bits per heavy atom. The lowest BCUT2D eigenvalue weighted by Gasteiger charge is -2.08. The number of benzene rings is 1. The fraction of sp³-hybridized carbons (Fsp3) is 0.400. The van der Waals surface area contributed by atoms with Crippen molar-refractivity contribution >= 4 is 24.3 Å². The van der Waals surface area contributed by atoms with Crippen LogP contribution in [-0.2, 0) is 5.75 Å². The van der Waals surface area contributed by atoms with Gasteiger partial charge < -0.3 is 10.0 Å². The van der Waals surface area contributed by atoms with E-state index in [4.69, 9.17) is 10.0 Å². The smallest absolute Gasteiger partial charge is 0.423 e. The number of hydrogen-bond donors (Lipinski definition) is 2. The van der Waals surface area contributed by atoms with Crippen molar-refractivity contribution in [3.63, 3.8) is 0 Å². The Labute approximate surface area is 93.7 Å². The van der Waals surface area contributed by atoms with E-state index in [0.717, 1.165) is 17.7 Å². The van der Waals surface area contributed by atoms with Crippen molar-refractivity contribution < 1.29 is 14.4 Å². The van der Waals surface area contributed by atoms with Gasteiger partial charge in [-0.1, -0.05) is 13.0 Å². The molecule has 0 unspecified atom stereocenters. The van der Waals surface area contributed by atoms with E-state index in [-0.39, 0.29) is 5.46 Å². The molecule has 0 saturated carbocycles. The molecule has 1 aromatic carbocycles. The molecule has 0 amide bonds. The summed E-state index contributed by atoms with van der Waals surface area (Å²) in [6.07, 6.45) is 1.07. The van der Waals surface area contributed by atoms with Crippen LogP contribution >= 0.6 is 11.8 Å². The molecule has 15 heavy (non-hydrogen) atoms. The first-order valence-corrected chi connectivity index (χ1v) is 6.02. The van der Waals surface area contributed by atoms with E-state index in [2.05, 4.69) is 6.92 Å². The van der Waals surface area contributed by atoms with Crippen molar-refractivity contribution in [1.29, 1.82) is 0 Å². The Balaban J connectivity index is 2.77. The molecule has 0 aromatic heterocycles. The zero-order valence-corrected chi connectivity index (χ0v) is 9.43. The third-order valence-corrected chi connectivity index (χ3v) is 3.20. The molecule has 0 radical (unpaired) electrons. The van der Waals surface area contributed by atoms with E-state index in [9.17, 15) is 4.39 Å². The lowest BCUT2D eigenvalue weighted by atomic mass is 9.77. The van der Waals surface area contributed by atoms with Crippen LogP contribution in [0, 0.1) is 5.82 Å². The van der Waals surface area contributed by atoms with Crippen LogP contribution in [0.25, 0.3) is 0 Å². The highest BCUT2D eigenvalue weighted by Gasteiger charge is 2.16. The van der Waals surface area contributed by atoms with E-state index in [1.165, 1.54) is 12.1 Å². The fourth-order valence-electron chi connectivity index (χ4n) is 1.26. The molecule has 2 N–H and O–H groups in total. The predicted molar refractivity (Wildman–Crippen MR) is 62.7 cm³/mol. The molecule has 5 heteroatoms. The molecule has 0 fully saturated rings. The zero-order chi connectivity index (χ0) is 11.3. The molecule has 0 atom stereocenters. The van der Waals surface area contributed by atoms with Crippen LogP contribution < -0.4 is 5.46 Å². The lowest BCUT2D eigenvalue weighted by Crippen LogP contribution is -2.33. The third-order valence-electron chi connectivity index (χ3n) is 1.99. The fourth-order valence-corrected chi connectivity index (χ4v) is 2.18. The number of thioether (sulfide) groups is 1. The summed E-state index contributed by atoms with van der Waals surface area (Å²) < 4.78 is 12.9. The van der Waals surface area contributed by atoms with Crippen LogP contribution in [0.15, 0.2) is 18.2 Å². The molecular formula is C10H14BFO2S. The van der Waals surface area contributed by atoms with E-state index in [0.29, 0.717) is 5.75 Å². The molecule has 0 saturated heterocycles. The summed E-state index contributed by atoms with van der Waals surface area (Å²) in [5.41, 5.74) is 1.04. The van der Waals surface area contributed by atoms with Crippen LogP contribution in [0.4, 0.5) is 4.39 Å². The van der Waals surface area contributed by atoms with Gasteiger partial charge in [-0.3, -0.25) is 0 Å². The van der Waals surface area contributed by atoms with Crippen LogP contribution in [0.5, 0.6) is 0 Å². The molecule has 0 bridgehead atoms. The summed E-state index contributed by atoms with van der Waals surface area (Å²) in [5, 5.41) is 18.1. The number of halogens is 1. The van der Waals surface area contributed by atoms with Gasteiger partial charge in [-0.05, 0) is 35.3 Å². The van der Waals surface area contributed by atoms with Crippen molar-refractivity contribution in [3.05, 3.63) is 29.6 Å². The average Bonchev–Trinajstić information content (AvgIpc) is 2.20. The summed E-state index contributed by atoms with van der Waals surface area (Å²) in [6, 6.07) is 4.12. The highest BCUT2D eigenvalue weighted by molar-refractivity contribution is 7.98. The Morgan fingerprint density at radius 1 is 1.40 bits per heavy atom. The highest BCUT2D eigenvalue weighted by atomic mass is 32.2.